The topological polar surface area (TPSA) is 63.4 Å². The fraction of sp³-hybridized carbons (Fsp3) is 0.438. The molecular weight excluding hydrogens is 264 g/mol. The van der Waals surface area contributed by atoms with Crippen LogP contribution in [-0.2, 0) is 6.54 Å². The quantitative estimate of drug-likeness (QED) is 0.630. The monoisotopic (exact) mass is 286 g/mol. The molecule has 112 valence electrons. The lowest BCUT2D eigenvalue weighted by atomic mass is 10.1. The third-order valence-electron chi connectivity index (χ3n) is 3.95. The Morgan fingerprint density at radius 2 is 2.19 bits per heavy atom. The number of hydrogen-bond donors (Lipinski definition) is 2. The Hall–Kier alpha value is -1.85. The number of hydrazine groups is 1. The lowest BCUT2D eigenvalue weighted by Gasteiger charge is -2.18. The van der Waals surface area contributed by atoms with E-state index in [1.165, 1.54) is 12.8 Å². The van der Waals surface area contributed by atoms with Crippen LogP contribution in [0.1, 0.15) is 18.4 Å². The number of hydrogen-bond acceptors (Lipinski definition) is 5. The van der Waals surface area contributed by atoms with Crippen LogP contribution >= 0.6 is 0 Å². The van der Waals surface area contributed by atoms with E-state index in [4.69, 9.17) is 10.6 Å². The maximum atomic E-state index is 5.64. The molecule has 0 amide bonds. The predicted octanol–water partition coefficient (Wildman–Crippen LogP) is 2.37. The van der Waals surface area contributed by atoms with Crippen LogP contribution in [0.5, 0.6) is 5.75 Å². The first-order valence-electron chi connectivity index (χ1n) is 7.32. The van der Waals surface area contributed by atoms with Crippen molar-refractivity contribution in [3.8, 4) is 5.75 Å². The minimum Gasteiger partial charge on any atom is -0.497 e. The number of aromatic nitrogens is 1. The van der Waals surface area contributed by atoms with Gasteiger partial charge in [-0.25, -0.2) is 10.8 Å². The predicted molar refractivity (Wildman–Crippen MR) is 85.2 cm³/mol. The molecule has 1 fully saturated rings. The van der Waals surface area contributed by atoms with Gasteiger partial charge in [0.2, 0.25) is 0 Å². The summed E-state index contributed by atoms with van der Waals surface area (Å²) in [7, 11) is 3.81. The van der Waals surface area contributed by atoms with Crippen molar-refractivity contribution in [2.75, 3.05) is 26.1 Å². The van der Waals surface area contributed by atoms with Crippen LogP contribution in [0.3, 0.4) is 0 Å². The molecule has 1 aromatic carbocycles. The van der Waals surface area contributed by atoms with Gasteiger partial charge in [0.25, 0.3) is 0 Å². The zero-order valence-corrected chi connectivity index (χ0v) is 12.6. The minimum atomic E-state index is 0.735. The number of nitrogens with one attached hydrogen (secondary N) is 1. The van der Waals surface area contributed by atoms with Crippen LogP contribution in [0, 0.1) is 5.92 Å². The zero-order chi connectivity index (χ0) is 14.8. The maximum absolute atomic E-state index is 5.64. The number of benzene rings is 1. The van der Waals surface area contributed by atoms with Crippen LogP contribution in [-0.4, -0.2) is 30.6 Å². The lowest BCUT2D eigenvalue weighted by Crippen LogP contribution is -2.22. The lowest BCUT2D eigenvalue weighted by molar-refractivity contribution is 0.313. The second-order valence-electron chi connectivity index (χ2n) is 5.84. The molecule has 21 heavy (non-hydrogen) atoms. The van der Waals surface area contributed by atoms with E-state index >= 15 is 0 Å². The van der Waals surface area contributed by atoms with Crippen molar-refractivity contribution in [2.24, 2.45) is 11.8 Å². The molecule has 1 heterocycles. The van der Waals surface area contributed by atoms with E-state index in [1.807, 2.05) is 18.2 Å². The summed E-state index contributed by atoms with van der Waals surface area (Å²) in [5, 5.41) is 1.10. The van der Waals surface area contributed by atoms with Crippen LogP contribution in [0.25, 0.3) is 10.9 Å². The largest absolute Gasteiger partial charge is 0.497 e. The number of methoxy groups -OCH3 is 1. The molecule has 0 atom stereocenters. The van der Waals surface area contributed by atoms with Gasteiger partial charge in [-0.05, 0) is 44.0 Å². The molecule has 5 nitrogen and oxygen atoms in total. The van der Waals surface area contributed by atoms with Gasteiger partial charge in [0.1, 0.15) is 11.6 Å². The van der Waals surface area contributed by atoms with Gasteiger partial charge in [-0.15, -0.1) is 0 Å². The summed E-state index contributed by atoms with van der Waals surface area (Å²) < 4.78 is 5.24. The first-order valence-corrected chi connectivity index (χ1v) is 7.32. The van der Waals surface area contributed by atoms with Crippen molar-refractivity contribution >= 4 is 16.7 Å². The van der Waals surface area contributed by atoms with Crippen molar-refractivity contribution in [1.82, 2.24) is 9.88 Å². The van der Waals surface area contributed by atoms with E-state index in [0.717, 1.165) is 47.0 Å². The summed E-state index contributed by atoms with van der Waals surface area (Å²) in [4.78, 5) is 6.95. The Labute approximate surface area is 125 Å². The fourth-order valence-corrected chi connectivity index (χ4v) is 2.66. The number of nitrogens with two attached hydrogens (primary N) is 1. The second-order valence-corrected chi connectivity index (χ2v) is 5.84. The summed E-state index contributed by atoms with van der Waals surface area (Å²) in [5.41, 5.74) is 4.73. The smallest absolute Gasteiger partial charge is 0.145 e. The highest BCUT2D eigenvalue weighted by Crippen LogP contribution is 2.30. The fourth-order valence-electron chi connectivity index (χ4n) is 2.66. The molecular formula is C16H22N4O. The highest BCUT2D eigenvalue weighted by Gasteiger charge is 2.23. The molecule has 0 bridgehead atoms. The summed E-state index contributed by atoms with van der Waals surface area (Å²) in [6.07, 6.45) is 2.73. The molecule has 0 spiro atoms. The summed E-state index contributed by atoms with van der Waals surface area (Å²) in [5.74, 6) is 8.05. The highest BCUT2D eigenvalue weighted by atomic mass is 16.5. The number of nitrogens with zero attached hydrogens (tertiary/aromatic N) is 2. The molecule has 5 heteroatoms. The molecule has 0 saturated heterocycles. The van der Waals surface area contributed by atoms with E-state index in [0.29, 0.717) is 0 Å². The molecule has 1 aliphatic carbocycles. The Balaban J connectivity index is 1.89. The average Bonchev–Trinajstić information content (AvgIpc) is 3.29. The van der Waals surface area contributed by atoms with Crippen molar-refractivity contribution in [3.63, 3.8) is 0 Å². The average molecular weight is 286 g/mol. The summed E-state index contributed by atoms with van der Waals surface area (Å²) in [6.45, 7) is 2.00. The Morgan fingerprint density at radius 1 is 1.38 bits per heavy atom. The van der Waals surface area contributed by atoms with Crippen LogP contribution in [0.4, 0.5) is 5.82 Å². The van der Waals surface area contributed by atoms with Crippen molar-refractivity contribution in [2.45, 2.75) is 19.4 Å². The van der Waals surface area contributed by atoms with Crippen LogP contribution in [0.15, 0.2) is 24.3 Å². The SMILES string of the molecule is COc1ccc2cc(CN(C)CC3CC3)c(NN)nc2c1. The minimum absolute atomic E-state index is 0.735. The maximum Gasteiger partial charge on any atom is 0.145 e. The van der Waals surface area contributed by atoms with E-state index in [1.54, 1.807) is 7.11 Å². The summed E-state index contributed by atoms with van der Waals surface area (Å²) in [6, 6.07) is 8.07. The molecule has 3 rings (SSSR count). The van der Waals surface area contributed by atoms with E-state index in [2.05, 4.69) is 28.4 Å². The Bertz CT molecular complexity index is 639. The first kappa shape index (κ1) is 14.1. The number of ether oxygens (including phenoxy) is 1. The van der Waals surface area contributed by atoms with Crippen molar-refractivity contribution in [1.29, 1.82) is 0 Å². The molecule has 1 saturated carbocycles. The van der Waals surface area contributed by atoms with Gasteiger partial charge in [-0.1, -0.05) is 0 Å². The van der Waals surface area contributed by atoms with Gasteiger partial charge in [0, 0.05) is 30.1 Å². The molecule has 0 radical (unpaired) electrons. The van der Waals surface area contributed by atoms with Gasteiger partial charge < -0.3 is 15.1 Å². The van der Waals surface area contributed by atoms with Gasteiger partial charge in [0.15, 0.2) is 0 Å². The number of pyridine rings is 1. The van der Waals surface area contributed by atoms with Crippen LogP contribution in [0.2, 0.25) is 0 Å². The molecule has 0 unspecified atom stereocenters. The van der Waals surface area contributed by atoms with Gasteiger partial charge in [-0.3, -0.25) is 0 Å². The molecule has 0 aliphatic heterocycles. The van der Waals surface area contributed by atoms with E-state index < -0.39 is 0 Å². The van der Waals surface area contributed by atoms with Crippen LogP contribution < -0.4 is 16.0 Å². The first-order chi connectivity index (χ1) is 10.2. The number of anilines is 1. The summed E-state index contributed by atoms with van der Waals surface area (Å²) >= 11 is 0. The third-order valence-corrected chi connectivity index (χ3v) is 3.95. The van der Waals surface area contributed by atoms with Gasteiger partial charge in [0.05, 0.1) is 12.6 Å². The highest BCUT2D eigenvalue weighted by molar-refractivity contribution is 5.83. The molecule has 3 N–H and O–H groups in total. The molecule has 1 aromatic heterocycles. The second kappa shape index (κ2) is 5.87. The number of fused-ring (bicyclic) bond motifs is 1. The Morgan fingerprint density at radius 3 is 2.86 bits per heavy atom. The normalized spacial score (nSPS) is 14.7. The molecule has 2 aromatic rings. The van der Waals surface area contributed by atoms with Crippen molar-refractivity contribution in [3.05, 3.63) is 29.8 Å². The Kier molecular flexibility index (Phi) is 3.94. The van der Waals surface area contributed by atoms with E-state index in [-0.39, 0.29) is 0 Å². The third kappa shape index (κ3) is 3.25. The zero-order valence-electron chi connectivity index (χ0n) is 12.6. The van der Waals surface area contributed by atoms with Gasteiger partial charge >= 0.3 is 0 Å². The van der Waals surface area contributed by atoms with E-state index in [9.17, 15) is 0 Å². The molecule has 1 aliphatic rings. The number of nitrogen functional groups attached to an aromatic ring is 1. The van der Waals surface area contributed by atoms with Gasteiger partial charge in [-0.2, -0.15) is 0 Å². The number of rotatable bonds is 6. The van der Waals surface area contributed by atoms with Crippen molar-refractivity contribution < 1.29 is 4.74 Å². The standard InChI is InChI=1S/C16H22N4O/c1-20(9-11-3-4-11)10-13-7-12-5-6-14(21-2)8-15(12)18-16(13)19-17/h5-8,11H,3-4,9-10,17H2,1-2H3,(H,18,19).